The molecule has 0 unspecified atom stereocenters. The molecular weight excluding hydrogens is 274 g/mol. The molecule has 7 heteroatoms. The highest BCUT2D eigenvalue weighted by molar-refractivity contribution is 7.15. The van der Waals surface area contributed by atoms with Crippen LogP contribution in [-0.2, 0) is 13.1 Å². The molecule has 3 heterocycles. The zero-order valence-electron chi connectivity index (χ0n) is 11.5. The quantitative estimate of drug-likeness (QED) is 0.758. The van der Waals surface area contributed by atoms with E-state index in [9.17, 15) is 0 Å². The maximum atomic E-state index is 5.88. The molecule has 0 amide bonds. The lowest BCUT2D eigenvalue weighted by molar-refractivity contribution is 0.455. The smallest absolute Gasteiger partial charge is 0.243 e. The summed E-state index contributed by atoms with van der Waals surface area (Å²) >= 11 is 1.60. The van der Waals surface area contributed by atoms with Crippen molar-refractivity contribution >= 4 is 16.3 Å². The minimum absolute atomic E-state index is 0.647. The first kappa shape index (κ1) is 13.1. The van der Waals surface area contributed by atoms with Crippen LogP contribution in [0.1, 0.15) is 19.5 Å². The van der Waals surface area contributed by atoms with Crippen LogP contribution in [0.5, 0.6) is 11.6 Å². The molecule has 0 saturated heterocycles. The second kappa shape index (κ2) is 5.64. The lowest BCUT2D eigenvalue weighted by Gasteiger charge is -2.04. The van der Waals surface area contributed by atoms with Gasteiger partial charge in [0.25, 0.3) is 0 Å². The Hall–Kier alpha value is -1.86. The molecule has 1 N–H and O–H groups in total. The van der Waals surface area contributed by atoms with Crippen molar-refractivity contribution in [1.29, 1.82) is 0 Å². The Balaban J connectivity index is 1.90. The normalized spacial score (nSPS) is 11.3. The second-order valence-electron chi connectivity index (χ2n) is 4.33. The van der Waals surface area contributed by atoms with Crippen LogP contribution in [0.25, 0.3) is 4.96 Å². The molecule has 0 spiro atoms. The van der Waals surface area contributed by atoms with Crippen LogP contribution in [0, 0.1) is 0 Å². The fraction of sp³-hybridized carbons (Fsp3) is 0.385. The van der Waals surface area contributed by atoms with Crippen molar-refractivity contribution in [2.24, 2.45) is 0 Å². The van der Waals surface area contributed by atoms with Crippen LogP contribution in [0.2, 0.25) is 0 Å². The molecule has 0 saturated carbocycles. The van der Waals surface area contributed by atoms with Gasteiger partial charge in [-0.15, -0.1) is 11.3 Å². The zero-order valence-corrected chi connectivity index (χ0v) is 12.4. The fourth-order valence-electron chi connectivity index (χ4n) is 1.98. The van der Waals surface area contributed by atoms with Crippen molar-refractivity contribution in [1.82, 2.24) is 24.5 Å². The molecule has 0 fully saturated rings. The van der Waals surface area contributed by atoms with E-state index < -0.39 is 0 Å². The largest absolute Gasteiger partial charge is 0.434 e. The number of aromatic nitrogens is 4. The van der Waals surface area contributed by atoms with Gasteiger partial charge in [0.05, 0.1) is 12.4 Å². The predicted octanol–water partition coefficient (Wildman–Crippen LogP) is 2.51. The Morgan fingerprint density at radius 1 is 1.40 bits per heavy atom. The number of hydrogen-bond acceptors (Lipinski definition) is 5. The predicted molar refractivity (Wildman–Crippen MR) is 78.4 cm³/mol. The van der Waals surface area contributed by atoms with Crippen molar-refractivity contribution in [3.05, 3.63) is 29.7 Å². The molecule has 0 radical (unpaired) electrons. The van der Waals surface area contributed by atoms with Gasteiger partial charge in [-0.25, -0.2) is 0 Å². The van der Waals surface area contributed by atoms with Gasteiger partial charge >= 0.3 is 0 Å². The van der Waals surface area contributed by atoms with Gasteiger partial charge in [-0.2, -0.15) is 10.1 Å². The maximum absolute atomic E-state index is 5.88. The van der Waals surface area contributed by atoms with E-state index in [2.05, 4.69) is 26.7 Å². The van der Waals surface area contributed by atoms with E-state index in [0.29, 0.717) is 5.88 Å². The second-order valence-corrected chi connectivity index (χ2v) is 5.21. The van der Waals surface area contributed by atoms with Gasteiger partial charge < -0.3 is 10.1 Å². The monoisotopic (exact) mass is 291 g/mol. The highest BCUT2D eigenvalue weighted by atomic mass is 32.1. The number of nitrogens with zero attached hydrogens (tertiary/aromatic N) is 4. The van der Waals surface area contributed by atoms with Gasteiger partial charge in [-0.05, 0) is 13.5 Å². The van der Waals surface area contributed by atoms with Crippen LogP contribution in [-0.4, -0.2) is 25.7 Å². The highest BCUT2D eigenvalue weighted by Crippen LogP contribution is 2.27. The molecule has 0 aliphatic heterocycles. The summed E-state index contributed by atoms with van der Waals surface area (Å²) in [5.41, 5.74) is 1.03. The summed E-state index contributed by atoms with van der Waals surface area (Å²) in [7, 11) is 0. The van der Waals surface area contributed by atoms with E-state index in [1.54, 1.807) is 17.5 Å². The number of imidazole rings is 1. The third-order valence-electron chi connectivity index (χ3n) is 3.01. The summed E-state index contributed by atoms with van der Waals surface area (Å²) in [5, 5.41) is 9.55. The van der Waals surface area contributed by atoms with Crippen LogP contribution < -0.4 is 10.1 Å². The summed E-state index contributed by atoms with van der Waals surface area (Å²) < 4.78 is 9.78. The van der Waals surface area contributed by atoms with Gasteiger partial charge in [0, 0.05) is 24.7 Å². The zero-order chi connectivity index (χ0) is 13.9. The molecule has 20 heavy (non-hydrogen) atoms. The van der Waals surface area contributed by atoms with E-state index in [4.69, 9.17) is 4.74 Å². The Bertz CT molecular complexity index is 699. The molecular formula is C13H17N5OS. The molecule has 3 aromatic heterocycles. The minimum Gasteiger partial charge on any atom is -0.434 e. The average molecular weight is 291 g/mol. The third-order valence-corrected chi connectivity index (χ3v) is 3.77. The fourth-order valence-corrected chi connectivity index (χ4v) is 2.71. The molecule has 0 atom stereocenters. The molecule has 6 nitrogen and oxygen atoms in total. The van der Waals surface area contributed by atoms with Crippen LogP contribution >= 0.6 is 11.3 Å². The first-order valence-corrected chi connectivity index (χ1v) is 7.55. The molecule has 106 valence electrons. The lowest BCUT2D eigenvalue weighted by Crippen LogP contribution is -2.13. The Morgan fingerprint density at radius 3 is 3.05 bits per heavy atom. The first-order valence-electron chi connectivity index (χ1n) is 6.67. The van der Waals surface area contributed by atoms with E-state index in [1.165, 1.54) is 0 Å². The molecule has 3 aromatic rings. The molecule has 0 aromatic carbocycles. The average Bonchev–Trinajstić information content (AvgIpc) is 3.13. The van der Waals surface area contributed by atoms with Gasteiger partial charge in [0.1, 0.15) is 5.69 Å². The number of aryl methyl sites for hydroxylation is 1. The summed E-state index contributed by atoms with van der Waals surface area (Å²) in [6.07, 6.45) is 5.61. The number of rotatable bonds is 6. The van der Waals surface area contributed by atoms with E-state index >= 15 is 0 Å². The molecule has 0 aliphatic carbocycles. The molecule has 0 aliphatic rings. The van der Waals surface area contributed by atoms with Gasteiger partial charge in [0.2, 0.25) is 5.88 Å². The minimum atomic E-state index is 0.647. The Kier molecular flexibility index (Phi) is 3.70. The van der Waals surface area contributed by atoms with Crippen molar-refractivity contribution in [2.75, 3.05) is 6.54 Å². The number of ether oxygens (including phenoxy) is 1. The summed E-state index contributed by atoms with van der Waals surface area (Å²) in [5.74, 6) is 1.36. The number of thiazole rings is 1. The van der Waals surface area contributed by atoms with Crippen molar-refractivity contribution in [3.8, 4) is 11.6 Å². The van der Waals surface area contributed by atoms with Gasteiger partial charge in [-0.1, -0.05) is 6.92 Å². The Labute approximate surface area is 121 Å². The van der Waals surface area contributed by atoms with E-state index in [0.717, 1.165) is 36.0 Å². The van der Waals surface area contributed by atoms with Crippen molar-refractivity contribution in [2.45, 2.75) is 26.9 Å². The van der Waals surface area contributed by atoms with Crippen molar-refractivity contribution < 1.29 is 4.74 Å². The van der Waals surface area contributed by atoms with Gasteiger partial charge in [-0.3, -0.25) is 9.08 Å². The highest BCUT2D eigenvalue weighted by Gasteiger charge is 2.15. The Morgan fingerprint density at radius 2 is 2.30 bits per heavy atom. The van der Waals surface area contributed by atoms with E-state index in [-0.39, 0.29) is 0 Å². The lowest BCUT2D eigenvalue weighted by atomic mass is 10.4. The topological polar surface area (TPSA) is 56.4 Å². The number of nitrogens with one attached hydrogen (secondary N) is 1. The standard InChI is InChI=1S/C13H17N5OS/c1-3-14-8-11-12(16-13-18(11)5-6-20-13)19-10-7-15-17(4-2)9-10/h5-7,9,14H,3-4,8H2,1-2H3. The summed E-state index contributed by atoms with van der Waals surface area (Å²) in [4.78, 5) is 5.48. The number of hydrogen-bond donors (Lipinski definition) is 1. The first-order chi connectivity index (χ1) is 9.81. The van der Waals surface area contributed by atoms with Crippen molar-refractivity contribution in [3.63, 3.8) is 0 Å². The van der Waals surface area contributed by atoms with Crippen LogP contribution in [0.4, 0.5) is 0 Å². The summed E-state index contributed by atoms with van der Waals surface area (Å²) in [6, 6.07) is 0. The third kappa shape index (κ3) is 2.41. The van der Waals surface area contributed by atoms with E-state index in [1.807, 2.05) is 29.4 Å². The molecule has 0 bridgehead atoms. The molecule has 3 rings (SSSR count). The SMILES string of the molecule is CCNCc1c(Oc2cnn(CC)c2)nc2sccn12. The van der Waals surface area contributed by atoms with Crippen LogP contribution in [0.15, 0.2) is 24.0 Å². The van der Waals surface area contributed by atoms with Gasteiger partial charge in [0.15, 0.2) is 10.7 Å². The number of fused-ring (bicyclic) bond motifs is 1. The summed E-state index contributed by atoms with van der Waals surface area (Å²) in [6.45, 7) is 6.58. The maximum Gasteiger partial charge on any atom is 0.243 e. The van der Waals surface area contributed by atoms with Crippen LogP contribution in [0.3, 0.4) is 0 Å².